The molecule has 1 fully saturated rings. The second-order valence-corrected chi connectivity index (χ2v) is 18.2. The lowest BCUT2D eigenvalue weighted by atomic mass is 9.87. The van der Waals surface area contributed by atoms with Crippen molar-refractivity contribution in [2.45, 2.75) is 50.9 Å². The number of anilines is 1. The van der Waals surface area contributed by atoms with E-state index in [0.29, 0.717) is 5.56 Å². The number of phenols is 1. The minimum atomic E-state index is -5.93. The molecule has 326 valence electrons. The summed E-state index contributed by atoms with van der Waals surface area (Å²) >= 11 is 0.945. The molecule has 1 aliphatic rings. The Bertz CT molecular complexity index is 2140. The van der Waals surface area contributed by atoms with Gasteiger partial charge in [-0.15, -0.1) is 0 Å². The van der Waals surface area contributed by atoms with E-state index in [1.54, 1.807) is 18.2 Å². The van der Waals surface area contributed by atoms with E-state index >= 15 is 0 Å². The van der Waals surface area contributed by atoms with E-state index in [1.165, 1.54) is 32.1 Å². The summed E-state index contributed by atoms with van der Waals surface area (Å²) in [6.45, 7) is -0.0545. The van der Waals surface area contributed by atoms with Crippen molar-refractivity contribution >= 4 is 75.2 Å². The number of aromatic hydroxyl groups is 1. The third-order valence-electron chi connectivity index (χ3n) is 8.03. The van der Waals surface area contributed by atoms with Gasteiger partial charge in [0.1, 0.15) is 42.0 Å². The molecule has 0 saturated carbocycles. The molecule has 0 radical (unpaired) electrons. The van der Waals surface area contributed by atoms with Gasteiger partial charge < -0.3 is 74.1 Å². The van der Waals surface area contributed by atoms with Gasteiger partial charge in [-0.3, -0.25) is 28.1 Å². The van der Waals surface area contributed by atoms with Gasteiger partial charge in [0.25, 0.3) is 15.6 Å². The predicted molar refractivity (Wildman–Crippen MR) is 195 cm³/mol. The number of amides is 2. The topological polar surface area (TPSA) is 395 Å². The van der Waals surface area contributed by atoms with Crippen molar-refractivity contribution in [1.82, 2.24) is 30.2 Å². The zero-order chi connectivity index (χ0) is 43.8. The van der Waals surface area contributed by atoms with E-state index in [4.69, 9.17) is 10.5 Å². The molecule has 1 saturated heterocycles. The Morgan fingerprint density at radius 2 is 1.73 bits per heavy atom. The fourth-order valence-corrected chi connectivity index (χ4v) is 8.36. The molecule has 0 bridgehead atoms. The van der Waals surface area contributed by atoms with E-state index in [1.807, 2.05) is 0 Å². The van der Waals surface area contributed by atoms with Crippen LogP contribution in [0, 0.1) is 5.41 Å². The molecule has 2 amide bonds. The highest BCUT2D eigenvalue weighted by Crippen LogP contribution is 2.56. The third kappa shape index (κ3) is 14.5. The lowest BCUT2D eigenvalue weighted by Crippen LogP contribution is -2.46. The third-order valence-corrected chi connectivity index (χ3v) is 11.9. The van der Waals surface area contributed by atoms with E-state index in [2.05, 4.69) is 43.5 Å². The maximum absolute atomic E-state index is 12.6. The molecule has 7 atom stereocenters. The van der Waals surface area contributed by atoms with Gasteiger partial charge in [0, 0.05) is 30.7 Å². The van der Waals surface area contributed by atoms with Crippen LogP contribution in [0.4, 0.5) is 5.82 Å². The molecule has 3 heterocycles. The SMILES string of the molecule is CC(C)(COP(=O)([O-])OP(=O)([O-])OCC1OC(n2cnc3c(N)ncnc32)C(O)C1OP(=O)([O-])[O-])C(O)C(=O)NCCC(=O)NCCSC(=O)/C=C/c1ccc(O)cc1. The van der Waals surface area contributed by atoms with E-state index in [0.717, 1.165) is 29.0 Å². The Kier molecular flexibility index (Phi) is 16.5. The molecule has 7 unspecified atom stereocenters. The van der Waals surface area contributed by atoms with Crippen LogP contribution in [0.15, 0.2) is 43.0 Å². The van der Waals surface area contributed by atoms with E-state index < -0.39 is 84.6 Å². The van der Waals surface area contributed by atoms with Crippen molar-refractivity contribution in [3.05, 3.63) is 48.6 Å². The minimum Gasteiger partial charge on any atom is -0.790 e. The molecule has 1 aliphatic heterocycles. The number of aliphatic hydroxyl groups excluding tert-OH is 2. The molecule has 4 rings (SSSR count). The van der Waals surface area contributed by atoms with Crippen LogP contribution in [0.5, 0.6) is 5.75 Å². The largest absolute Gasteiger partial charge is 0.790 e. The number of carbonyl (C=O) groups excluding carboxylic acids is 3. The van der Waals surface area contributed by atoms with Crippen LogP contribution in [0.1, 0.15) is 32.1 Å². The summed E-state index contributed by atoms with van der Waals surface area (Å²) in [5.41, 5.74) is 4.74. The van der Waals surface area contributed by atoms with Crippen LogP contribution in [0.25, 0.3) is 17.2 Å². The number of thioether (sulfide) groups is 1. The summed E-state index contributed by atoms with van der Waals surface area (Å²) in [5, 5.41) is 35.2. The number of aliphatic hydroxyl groups is 2. The highest BCUT2D eigenvalue weighted by atomic mass is 32.2. The number of nitrogens with two attached hydrogens (primary N) is 1. The highest BCUT2D eigenvalue weighted by Gasteiger charge is 2.47. The fraction of sp³-hybridized carbons (Fsp3) is 0.467. The number of nitrogens with zero attached hydrogens (tertiary/aromatic N) is 4. The molecule has 1 aromatic carbocycles. The second-order valence-electron chi connectivity index (χ2n) is 13.1. The minimum absolute atomic E-state index is 0.0275. The van der Waals surface area contributed by atoms with Gasteiger partial charge >= 0.3 is 0 Å². The molecule has 25 nitrogen and oxygen atoms in total. The zero-order valence-corrected chi connectivity index (χ0v) is 34.3. The number of hydrogen-bond acceptors (Lipinski definition) is 23. The Balaban J connectivity index is 1.20. The number of carbonyl (C=O) groups is 3. The van der Waals surface area contributed by atoms with Crippen molar-refractivity contribution in [1.29, 1.82) is 0 Å². The summed E-state index contributed by atoms with van der Waals surface area (Å²) in [6, 6.07) is 6.18. The number of rotatable bonds is 21. The Morgan fingerprint density at radius 3 is 2.41 bits per heavy atom. The van der Waals surface area contributed by atoms with Crippen molar-refractivity contribution in [3.8, 4) is 5.75 Å². The van der Waals surface area contributed by atoms with E-state index in [9.17, 15) is 63.0 Å². The van der Waals surface area contributed by atoms with Crippen molar-refractivity contribution in [2.75, 3.05) is 37.8 Å². The van der Waals surface area contributed by atoms with Gasteiger partial charge in [-0.05, 0) is 23.8 Å². The summed E-state index contributed by atoms with van der Waals surface area (Å²) in [6.07, 6.45) is -4.79. The number of hydrogen-bond donors (Lipinski definition) is 6. The molecule has 29 heteroatoms. The number of aromatic nitrogens is 4. The monoisotopic (exact) mass is 909 g/mol. The van der Waals surface area contributed by atoms with Crippen molar-refractivity contribution < 1.29 is 85.6 Å². The number of benzene rings is 1. The number of ether oxygens (including phenoxy) is 1. The quantitative estimate of drug-likeness (QED) is 0.0367. The number of imidazole rings is 1. The molecule has 2 aromatic heterocycles. The first-order valence-electron chi connectivity index (χ1n) is 16.9. The van der Waals surface area contributed by atoms with E-state index in [-0.39, 0.29) is 53.1 Å². The maximum atomic E-state index is 12.6. The van der Waals surface area contributed by atoms with Crippen LogP contribution in [-0.4, -0.2) is 108 Å². The highest BCUT2D eigenvalue weighted by molar-refractivity contribution is 8.14. The van der Waals surface area contributed by atoms with Crippen LogP contribution < -0.4 is 35.9 Å². The smallest absolute Gasteiger partial charge is 0.274 e. The first kappa shape index (κ1) is 48.0. The molecular formula is C30H38N7O18P3S-4. The number of phosphoric ester groups is 3. The van der Waals surface area contributed by atoms with Crippen LogP contribution in [0.3, 0.4) is 0 Å². The summed E-state index contributed by atoms with van der Waals surface area (Å²) < 4.78 is 60.5. The second kappa shape index (κ2) is 20.3. The Hall–Kier alpha value is -3.68. The van der Waals surface area contributed by atoms with Gasteiger partial charge in [-0.2, -0.15) is 0 Å². The van der Waals surface area contributed by atoms with Gasteiger partial charge in [-0.1, -0.05) is 43.8 Å². The summed E-state index contributed by atoms with van der Waals surface area (Å²) in [5.74, 6) is -1.29. The molecule has 0 aliphatic carbocycles. The van der Waals surface area contributed by atoms with Crippen molar-refractivity contribution in [2.24, 2.45) is 5.41 Å². The van der Waals surface area contributed by atoms with Crippen LogP contribution in [-0.2, 0) is 50.7 Å². The van der Waals surface area contributed by atoms with Crippen molar-refractivity contribution in [3.63, 3.8) is 0 Å². The van der Waals surface area contributed by atoms with Crippen LogP contribution >= 0.6 is 35.2 Å². The lowest BCUT2D eigenvalue weighted by Gasteiger charge is -2.36. The maximum Gasteiger partial charge on any atom is 0.274 e. The summed E-state index contributed by atoms with van der Waals surface area (Å²) in [4.78, 5) is 96.2. The summed E-state index contributed by atoms with van der Waals surface area (Å²) in [7, 11) is -17.6. The lowest BCUT2D eigenvalue weighted by molar-refractivity contribution is -0.347. The Morgan fingerprint density at radius 1 is 1.05 bits per heavy atom. The normalized spacial score (nSPS) is 21.2. The molecule has 59 heavy (non-hydrogen) atoms. The Labute approximate surface area is 338 Å². The van der Waals surface area contributed by atoms with Gasteiger partial charge in [-0.25, -0.2) is 19.3 Å². The number of fused-ring (bicyclic) bond motifs is 1. The first-order chi connectivity index (χ1) is 27.5. The first-order valence-corrected chi connectivity index (χ1v) is 22.3. The number of nitrogens with one attached hydrogen (secondary N) is 2. The molecular weight excluding hydrogens is 871 g/mol. The van der Waals surface area contributed by atoms with Gasteiger partial charge in [0.05, 0.1) is 27.4 Å². The standard InChI is InChI=1S/C30H42N7O18P3S/c1-30(2,25(42)28(43)33-10-9-20(39)32-11-12-59-21(40)8-5-17-3-6-18(38)7-4-17)14-52-58(49,50)55-57(47,48)51-13-19-24(54-56(44,45)46)23(41)29(53-19)37-16-36-22-26(31)34-15-35-27(22)37/h3-8,15-16,19,23-25,29,38,41-42H,9-14H2,1-2H3,(H,32,39)(H,33,43)(H,47,48)(H,49,50)(H2,31,34,35)(H2,44,45,46)/p-4/b8-5+. The van der Waals surface area contributed by atoms with Crippen LogP contribution in [0.2, 0.25) is 0 Å². The number of nitrogen functional groups attached to an aromatic ring is 1. The zero-order valence-electron chi connectivity index (χ0n) is 30.8. The predicted octanol–water partition coefficient (Wildman–Crippen LogP) is -2.44. The van der Waals surface area contributed by atoms with Gasteiger partial charge in [0.2, 0.25) is 16.9 Å². The molecule has 3 aromatic rings. The number of phosphoric acid groups is 3. The fourth-order valence-electron chi connectivity index (χ4n) is 5.06. The average Bonchev–Trinajstić information content (AvgIpc) is 3.71. The number of phenolic OH excluding ortho intramolecular Hbond substituents is 1. The molecule has 0 spiro atoms. The van der Waals surface area contributed by atoms with Gasteiger partial charge in [0.15, 0.2) is 17.7 Å². The average molecular weight is 910 g/mol. The molecule has 7 N–H and O–H groups in total.